The standard InChI is InChI=1S/C59H81N15O20S3/c1-28(64-47(81)33(60)23-30-9-5-4-6-10-30)46(80)72-44-29(2)94-43(79)25-37-50(84)70-39(26-75)51(85)73-45(55(89)67-36(57(91)92)17-18-42(77)78)58(93)97-96-27-40(52(86)68-37)71-53(87)41-12-8-21-74(41)56(90)38(24-31-13-15-32(76)16-14-31)69-48(82)34(11-7-20-63-59(61)62)65-49(83)35(19-22-95-3)66-54(44)88/h4-6,9-10,13-16,28-29,33-41,44-45,75-76H,7-8,11-12,17-27,60H2,1-3H3,(H,64,81)(H,65,83)(H,66,88)(H,67,89)(H,68,86)(H,69,82)(H,70,84)(H,71,87)(H,72,80)(H,73,85)(H,77,78)(H,91,92)(H4,61,62,63)/t28-,29?,33-,34?,35-,36?,37-,38-,39-,40-,41-,44?,45+/m0/s1. The molecular weight excluding hydrogens is 1330 g/mol. The summed E-state index contributed by atoms with van der Waals surface area (Å²) in [6, 6.07) is -7.10. The van der Waals surface area contributed by atoms with Crippen molar-refractivity contribution in [2.75, 3.05) is 37.5 Å². The molecule has 4 unspecified atom stereocenters. The molecule has 2 bridgehead atoms. The van der Waals surface area contributed by atoms with E-state index < -0.39 is 198 Å². The van der Waals surface area contributed by atoms with E-state index in [0.717, 1.165) is 11.8 Å². The lowest BCUT2D eigenvalue weighted by molar-refractivity contribution is -0.154. The fraction of sp³-hybridized carbons (Fsp3) is 0.525. The van der Waals surface area contributed by atoms with Crippen LogP contribution in [-0.2, 0) is 89.5 Å². The van der Waals surface area contributed by atoms with E-state index in [2.05, 4.69) is 47.5 Å². The fourth-order valence-electron chi connectivity index (χ4n) is 10.0. The summed E-state index contributed by atoms with van der Waals surface area (Å²) in [5, 5.41) is 62.0. The lowest BCUT2D eigenvalue weighted by Gasteiger charge is -2.31. The fourth-order valence-corrected chi connectivity index (χ4v) is 12.6. The maximum Gasteiger partial charge on any atom is 0.326 e. The van der Waals surface area contributed by atoms with E-state index in [1.807, 2.05) is 10.6 Å². The smallest absolute Gasteiger partial charge is 0.326 e. The van der Waals surface area contributed by atoms with E-state index in [1.54, 1.807) is 36.6 Å². The Kier molecular flexibility index (Phi) is 31.1. The number of aromatic hydroxyl groups is 1. The molecule has 0 aliphatic carbocycles. The van der Waals surface area contributed by atoms with Crippen LogP contribution in [0.3, 0.4) is 0 Å². The molecule has 3 aliphatic rings. The number of cyclic esters (lactones) is 1. The first-order valence-electron chi connectivity index (χ1n) is 30.5. The average molecular weight is 1420 g/mol. The minimum Gasteiger partial charge on any atom is -0.508 e. The number of hydrogen-bond donors (Lipinski definition) is 17. The van der Waals surface area contributed by atoms with E-state index in [9.17, 15) is 87.5 Å². The minimum absolute atomic E-state index is 0.0322. The number of nitrogens with two attached hydrogens (primary N) is 3. The van der Waals surface area contributed by atoms with Crippen molar-refractivity contribution in [2.45, 2.75) is 157 Å². The van der Waals surface area contributed by atoms with Crippen LogP contribution in [0.25, 0.3) is 0 Å². The summed E-state index contributed by atoms with van der Waals surface area (Å²) in [5.74, 6) is -18.2. The van der Waals surface area contributed by atoms with Crippen molar-refractivity contribution in [1.29, 1.82) is 0 Å². The number of phenolic OH excluding ortho intramolecular Hbond substituents is 1. The number of amides is 11. The van der Waals surface area contributed by atoms with E-state index in [1.165, 1.54) is 43.0 Å². The predicted molar refractivity (Wildman–Crippen MR) is 349 cm³/mol. The summed E-state index contributed by atoms with van der Waals surface area (Å²) in [7, 11) is 0.659. The molecule has 530 valence electrons. The van der Waals surface area contributed by atoms with Gasteiger partial charge in [0.05, 0.1) is 19.1 Å². The van der Waals surface area contributed by atoms with Gasteiger partial charge in [-0.05, 0) is 105 Å². The number of aliphatic carboxylic acids is 2. The van der Waals surface area contributed by atoms with Gasteiger partial charge in [0.25, 0.3) is 5.91 Å². The highest BCUT2D eigenvalue weighted by Gasteiger charge is 2.43. The van der Waals surface area contributed by atoms with Gasteiger partial charge in [-0.3, -0.25) is 72.1 Å². The lowest BCUT2D eigenvalue weighted by Crippen LogP contribution is -2.62. The predicted octanol–water partition coefficient (Wildman–Crippen LogP) is -5.63. The van der Waals surface area contributed by atoms with Gasteiger partial charge in [-0.2, -0.15) is 11.8 Å². The van der Waals surface area contributed by atoms with Crippen molar-refractivity contribution in [2.24, 2.45) is 22.2 Å². The molecule has 2 aromatic carbocycles. The second-order valence-corrected chi connectivity index (χ2v) is 26.0. The monoisotopic (exact) mass is 1420 g/mol. The molecule has 13 atom stereocenters. The molecular formula is C59H81N15O20S3. The van der Waals surface area contributed by atoms with Gasteiger partial charge in [0, 0.05) is 31.7 Å². The number of guanidine groups is 1. The number of thioether (sulfide) groups is 1. The second-order valence-electron chi connectivity index (χ2n) is 22.7. The Morgan fingerprint density at radius 1 is 0.753 bits per heavy atom. The number of carboxylic acids is 2. The van der Waals surface area contributed by atoms with Crippen LogP contribution in [-0.4, -0.2) is 235 Å². The molecule has 97 heavy (non-hydrogen) atoms. The van der Waals surface area contributed by atoms with Crippen LogP contribution < -0.4 is 70.4 Å². The summed E-state index contributed by atoms with van der Waals surface area (Å²) in [6.07, 6.45) is -3.32. The average Bonchev–Trinajstić information content (AvgIpc) is 1.78. The van der Waals surface area contributed by atoms with Gasteiger partial charge in [0.1, 0.15) is 72.3 Å². The highest BCUT2D eigenvalue weighted by Crippen LogP contribution is 2.27. The number of aliphatic hydroxyl groups is 1. The van der Waals surface area contributed by atoms with Crippen molar-refractivity contribution in [1.82, 2.24) is 58.1 Å². The number of benzene rings is 2. The van der Waals surface area contributed by atoms with Gasteiger partial charge in [-0.25, -0.2) is 4.79 Å². The third-order valence-electron chi connectivity index (χ3n) is 15.3. The highest BCUT2D eigenvalue weighted by molar-refractivity contribution is 8.82. The molecule has 38 heteroatoms. The van der Waals surface area contributed by atoms with Gasteiger partial charge in [-0.1, -0.05) is 53.3 Å². The van der Waals surface area contributed by atoms with Crippen molar-refractivity contribution in [3.8, 4) is 5.75 Å². The number of carbonyl (C=O) groups is 15. The molecule has 0 saturated carbocycles. The number of aliphatic imine (C=N–C) groups is 1. The Morgan fingerprint density at radius 3 is 2.01 bits per heavy atom. The van der Waals surface area contributed by atoms with Gasteiger partial charge in [0.15, 0.2) is 12.0 Å². The number of carbonyl (C=O) groups excluding carboxylic acids is 13. The summed E-state index contributed by atoms with van der Waals surface area (Å²) in [5.41, 5.74) is 18.4. The number of aliphatic hydroxyl groups excluding tert-OH is 1. The summed E-state index contributed by atoms with van der Waals surface area (Å²) >= 11 is 1.24. The number of rotatable bonds is 22. The molecule has 5 rings (SSSR count). The molecule has 20 N–H and O–H groups in total. The maximum absolute atomic E-state index is 15.1. The molecule has 3 saturated heterocycles. The molecule has 0 spiro atoms. The topological polar surface area (TPSA) is 560 Å². The second kappa shape index (κ2) is 38.5. The van der Waals surface area contributed by atoms with Gasteiger partial charge < -0.3 is 100 Å². The van der Waals surface area contributed by atoms with Crippen molar-refractivity contribution >= 4 is 127 Å². The number of hydrogen-bond acceptors (Lipinski definition) is 23. The van der Waals surface area contributed by atoms with Crippen molar-refractivity contribution < 1.29 is 97.1 Å². The van der Waals surface area contributed by atoms with Crippen LogP contribution in [0.15, 0.2) is 59.6 Å². The number of fused-ring (bicyclic) bond motifs is 4. The van der Waals surface area contributed by atoms with E-state index in [4.69, 9.17) is 21.9 Å². The molecule has 35 nitrogen and oxygen atoms in total. The van der Waals surface area contributed by atoms with Crippen LogP contribution >= 0.6 is 33.3 Å². The highest BCUT2D eigenvalue weighted by atomic mass is 33.1. The molecule has 11 amide bonds. The Hall–Kier alpha value is -9.27. The van der Waals surface area contributed by atoms with Gasteiger partial charge in [0.2, 0.25) is 64.2 Å². The first kappa shape index (κ1) is 78.4. The van der Waals surface area contributed by atoms with E-state index in [0.29, 0.717) is 21.9 Å². The number of phenols is 1. The van der Waals surface area contributed by atoms with Gasteiger partial charge in [-0.15, -0.1) is 0 Å². The Balaban J connectivity index is 1.65. The number of nitrogens with one attached hydrogen (secondary N) is 10. The summed E-state index contributed by atoms with van der Waals surface area (Å²) in [4.78, 5) is 215. The number of nitrogens with zero attached hydrogens (tertiary/aromatic N) is 2. The van der Waals surface area contributed by atoms with Crippen LogP contribution in [0.4, 0.5) is 0 Å². The Morgan fingerprint density at radius 2 is 1.37 bits per heavy atom. The Labute approximate surface area is 567 Å². The third-order valence-corrected chi connectivity index (χ3v) is 18.2. The first-order valence-corrected chi connectivity index (χ1v) is 34.3. The summed E-state index contributed by atoms with van der Waals surface area (Å²) < 4.78 is 5.70. The third kappa shape index (κ3) is 24.7. The zero-order valence-electron chi connectivity index (χ0n) is 53.0. The normalized spacial score (nSPS) is 24.6. The van der Waals surface area contributed by atoms with Crippen LogP contribution in [0, 0.1) is 0 Å². The van der Waals surface area contributed by atoms with Crippen molar-refractivity contribution in [3.63, 3.8) is 0 Å². The SMILES string of the molecule is CSCC[C@@H]1NC(=O)C(NC(=O)[C@H](C)NC(=O)[C@@H](N)Cc2ccccc2)C(C)OC(=O)C[C@@H]2NC(=O)[C@H](CSSC(=O)[C@@H](C(=O)NC(CCC(=O)O)C(=O)O)NC(=O)[C@H](CO)NC2=O)NC(=O)[C@@H]2CCCN2C(=O)[C@H](Cc2ccc(O)cc2)NC(=O)C(CCCN=C(N)N)NC1=O. The molecule has 3 fully saturated rings. The minimum atomic E-state index is -2.37. The maximum atomic E-state index is 15.1. The molecule has 3 aliphatic heterocycles. The zero-order chi connectivity index (χ0) is 71.6. The Bertz CT molecular complexity index is 3240. The zero-order valence-corrected chi connectivity index (χ0v) is 55.4. The number of esters is 1. The lowest BCUT2D eigenvalue weighted by atomic mass is 10.0. The van der Waals surface area contributed by atoms with E-state index in [-0.39, 0.29) is 86.3 Å². The quantitative estimate of drug-likeness (QED) is 0.0130. The molecule has 0 radical (unpaired) electrons. The van der Waals surface area contributed by atoms with E-state index >= 15 is 4.79 Å². The van der Waals surface area contributed by atoms with Crippen LogP contribution in [0.1, 0.15) is 76.3 Å². The van der Waals surface area contributed by atoms with Crippen molar-refractivity contribution in [3.05, 3.63) is 65.7 Å². The molecule has 0 aromatic heterocycles. The number of ether oxygens (including phenoxy) is 1. The first-order chi connectivity index (χ1) is 46.0. The van der Waals surface area contributed by atoms with Crippen LogP contribution in [0.5, 0.6) is 5.75 Å². The molecule has 3 heterocycles. The molecule has 2 aromatic rings. The number of carboxylic acid groups (broad SMARTS) is 2. The summed E-state index contributed by atoms with van der Waals surface area (Å²) in [6.45, 7) is 0.845. The van der Waals surface area contributed by atoms with Crippen LogP contribution in [0.2, 0.25) is 0 Å². The van der Waals surface area contributed by atoms with Gasteiger partial charge >= 0.3 is 17.9 Å². The largest absolute Gasteiger partial charge is 0.508 e.